The molecule has 0 radical (unpaired) electrons. The van der Waals surface area contributed by atoms with Gasteiger partial charge in [0.05, 0.1) is 12.2 Å². The Kier molecular flexibility index (Phi) is 5.55. The van der Waals surface area contributed by atoms with Crippen molar-refractivity contribution in [3.8, 4) is 0 Å². The molecule has 3 nitrogen and oxygen atoms in total. The minimum absolute atomic E-state index is 0.445. The lowest BCUT2D eigenvalue weighted by Crippen LogP contribution is -2.06. The first kappa shape index (κ1) is 11.5. The van der Waals surface area contributed by atoms with E-state index >= 15 is 0 Å². The first-order chi connectivity index (χ1) is 6.84. The fourth-order valence-electron chi connectivity index (χ4n) is 0.831. The number of hydrogen-bond acceptors (Lipinski definition) is 3. The molecule has 1 rings (SSSR count). The predicted molar refractivity (Wildman–Crippen MR) is 61.3 cm³/mol. The van der Waals surface area contributed by atoms with Crippen LogP contribution in [0.1, 0.15) is 16.8 Å². The minimum Gasteiger partial charge on any atom is -0.293 e. The lowest BCUT2D eigenvalue weighted by molar-refractivity contribution is -0.240. The molecule has 0 N–H and O–H groups in total. The smallest absolute Gasteiger partial charge is 0.293 e. The maximum atomic E-state index is 11.3. The molecule has 14 heavy (non-hydrogen) atoms. The van der Waals surface area contributed by atoms with Gasteiger partial charge in [-0.05, 0) is 18.6 Å². The molecule has 0 aromatic heterocycles. The Bertz CT molecular complexity index is 274. The van der Waals surface area contributed by atoms with Crippen LogP contribution < -0.4 is 0 Å². The van der Waals surface area contributed by atoms with Crippen molar-refractivity contribution >= 4 is 28.6 Å². The van der Waals surface area contributed by atoms with Gasteiger partial charge in [0, 0.05) is 4.43 Å². The molecule has 0 heterocycles. The van der Waals surface area contributed by atoms with Gasteiger partial charge in [0.1, 0.15) is 0 Å². The molecular weight excluding hydrogens is 295 g/mol. The van der Waals surface area contributed by atoms with E-state index in [9.17, 15) is 4.79 Å². The van der Waals surface area contributed by atoms with Crippen LogP contribution in [0.3, 0.4) is 0 Å². The summed E-state index contributed by atoms with van der Waals surface area (Å²) in [5.74, 6) is -0.445. The maximum Gasteiger partial charge on any atom is 0.373 e. The van der Waals surface area contributed by atoms with Gasteiger partial charge < -0.3 is 0 Å². The van der Waals surface area contributed by atoms with Crippen molar-refractivity contribution in [2.75, 3.05) is 11.0 Å². The third-order valence-electron chi connectivity index (χ3n) is 1.51. The highest BCUT2D eigenvalue weighted by Crippen LogP contribution is 2.01. The van der Waals surface area contributed by atoms with E-state index in [2.05, 4.69) is 27.5 Å². The molecule has 0 fully saturated rings. The van der Waals surface area contributed by atoms with E-state index in [0.717, 1.165) is 10.8 Å². The van der Waals surface area contributed by atoms with Crippen LogP contribution in [0.4, 0.5) is 0 Å². The molecule has 0 saturated carbocycles. The minimum atomic E-state index is -0.445. The van der Waals surface area contributed by atoms with Gasteiger partial charge >= 0.3 is 5.97 Å². The maximum absolute atomic E-state index is 11.3. The number of alkyl halides is 1. The van der Waals surface area contributed by atoms with E-state index in [1.165, 1.54) is 0 Å². The highest BCUT2D eigenvalue weighted by atomic mass is 127. The molecule has 1 aromatic carbocycles. The van der Waals surface area contributed by atoms with Crippen LogP contribution in [0.15, 0.2) is 30.3 Å². The molecule has 0 spiro atoms. The Morgan fingerprint density at radius 1 is 1.29 bits per heavy atom. The van der Waals surface area contributed by atoms with Crippen molar-refractivity contribution < 1.29 is 14.6 Å². The normalized spacial score (nSPS) is 9.79. The predicted octanol–water partition coefficient (Wildman–Crippen LogP) is 2.60. The van der Waals surface area contributed by atoms with Crippen LogP contribution in [0, 0.1) is 0 Å². The van der Waals surface area contributed by atoms with Gasteiger partial charge in [-0.25, -0.2) is 4.79 Å². The molecule has 0 aliphatic rings. The number of carbonyl (C=O) groups is 1. The zero-order valence-electron chi connectivity index (χ0n) is 7.61. The Hall–Kier alpha value is -0.620. The highest BCUT2D eigenvalue weighted by molar-refractivity contribution is 14.1. The molecule has 0 aliphatic carbocycles. The van der Waals surface area contributed by atoms with Crippen molar-refractivity contribution in [2.24, 2.45) is 0 Å². The summed E-state index contributed by atoms with van der Waals surface area (Å²) in [5.41, 5.74) is 0.502. The molecule has 4 heteroatoms. The second kappa shape index (κ2) is 6.78. The first-order valence-corrected chi connectivity index (χ1v) is 5.82. The first-order valence-electron chi connectivity index (χ1n) is 4.29. The summed E-state index contributed by atoms with van der Waals surface area (Å²) in [6, 6.07) is 8.77. The average Bonchev–Trinajstić information content (AvgIpc) is 2.25. The Balaban J connectivity index is 2.29. The molecule has 0 bridgehead atoms. The molecule has 0 atom stereocenters. The van der Waals surface area contributed by atoms with E-state index in [1.807, 2.05) is 6.07 Å². The van der Waals surface area contributed by atoms with Crippen LogP contribution in [-0.2, 0) is 9.78 Å². The summed E-state index contributed by atoms with van der Waals surface area (Å²) in [4.78, 5) is 20.6. The zero-order valence-corrected chi connectivity index (χ0v) is 9.77. The molecule has 1 aromatic rings. The Morgan fingerprint density at radius 3 is 2.64 bits per heavy atom. The molecule has 76 valence electrons. The van der Waals surface area contributed by atoms with Crippen molar-refractivity contribution in [1.82, 2.24) is 0 Å². The fourth-order valence-corrected chi connectivity index (χ4v) is 1.14. The van der Waals surface area contributed by atoms with Crippen LogP contribution in [0.2, 0.25) is 0 Å². The number of benzene rings is 1. The summed E-state index contributed by atoms with van der Waals surface area (Å²) in [6.45, 7) is 0.446. The number of hydrogen-bond donors (Lipinski definition) is 0. The molecule has 0 aliphatic heterocycles. The van der Waals surface area contributed by atoms with E-state index in [1.54, 1.807) is 24.3 Å². The van der Waals surface area contributed by atoms with Crippen molar-refractivity contribution in [3.05, 3.63) is 35.9 Å². The molecule has 0 amide bonds. The summed E-state index contributed by atoms with van der Waals surface area (Å²) in [5, 5.41) is 0. The second-order valence-electron chi connectivity index (χ2n) is 2.60. The van der Waals surface area contributed by atoms with E-state index < -0.39 is 5.97 Å². The van der Waals surface area contributed by atoms with Gasteiger partial charge in [0.25, 0.3) is 0 Å². The fraction of sp³-hybridized carbons (Fsp3) is 0.300. The largest absolute Gasteiger partial charge is 0.373 e. The number of halogens is 1. The van der Waals surface area contributed by atoms with Gasteiger partial charge in [-0.2, -0.15) is 4.89 Å². The molecular formula is C10H11IO3. The van der Waals surface area contributed by atoms with Crippen molar-refractivity contribution in [1.29, 1.82) is 0 Å². The van der Waals surface area contributed by atoms with Crippen LogP contribution in [0.5, 0.6) is 0 Å². The van der Waals surface area contributed by atoms with Crippen LogP contribution in [0.25, 0.3) is 0 Å². The summed E-state index contributed by atoms with van der Waals surface area (Å²) >= 11 is 2.24. The quantitative estimate of drug-likeness (QED) is 0.276. The van der Waals surface area contributed by atoms with Crippen LogP contribution >= 0.6 is 22.6 Å². The molecule has 0 saturated heterocycles. The van der Waals surface area contributed by atoms with E-state index in [4.69, 9.17) is 4.89 Å². The SMILES string of the molecule is O=C(OOCCCI)c1ccccc1. The third-order valence-corrected chi connectivity index (χ3v) is 2.27. The summed E-state index contributed by atoms with van der Waals surface area (Å²) < 4.78 is 0.987. The van der Waals surface area contributed by atoms with Gasteiger partial charge in [-0.15, -0.1) is 0 Å². The number of carbonyl (C=O) groups excluding carboxylic acids is 1. The number of rotatable bonds is 5. The zero-order chi connectivity index (χ0) is 10.2. The van der Waals surface area contributed by atoms with Crippen LogP contribution in [-0.4, -0.2) is 17.0 Å². The van der Waals surface area contributed by atoms with Gasteiger partial charge in [-0.1, -0.05) is 40.8 Å². The monoisotopic (exact) mass is 306 g/mol. The van der Waals surface area contributed by atoms with Gasteiger partial charge in [0.2, 0.25) is 0 Å². The van der Waals surface area contributed by atoms with Gasteiger partial charge in [-0.3, -0.25) is 4.89 Å². The summed E-state index contributed by atoms with van der Waals surface area (Å²) in [6.07, 6.45) is 0.878. The van der Waals surface area contributed by atoms with E-state index in [-0.39, 0.29) is 0 Å². The average molecular weight is 306 g/mol. The van der Waals surface area contributed by atoms with Crippen molar-refractivity contribution in [2.45, 2.75) is 6.42 Å². The summed E-state index contributed by atoms with van der Waals surface area (Å²) in [7, 11) is 0. The lowest BCUT2D eigenvalue weighted by atomic mass is 10.2. The Morgan fingerprint density at radius 2 is 2.00 bits per heavy atom. The Labute approximate surface area is 96.5 Å². The van der Waals surface area contributed by atoms with Crippen molar-refractivity contribution in [3.63, 3.8) is 0 Å². The topological polar surface area (TPSA) is 35.5 Å². The van der Waals surface area contributed by atoms with Gasteiger partial charge in [0.15, 0.2) is 0 Å². The van der Waals surface area contributed by atoms with E-state index in [0.29, 0.717) is 12.2 Å². The third kappa shape index (κ3) is 4.06. The lowest BCUT2D eigenvalue weighted by Gasteiger charge is -2.01. The molecule has 0 unspecified atom stereocenters. The second-order valence-corrected chi connectivity index (χ2v) is 3.68. The standard InChI is InChI=1S/C10H11IO3/c11-7-4-8-13-14-10(12)9-5-2-1-3-6-9/h1-3,5-6H,4,7-8H2. The highest BCUT2D eigenvalue weighted by Gasteiger charge is 2.06.